The van der Waals surface area contributed by atoms with Gasteiger partial charge in [0.05, 0.1) is 12.5 Å². The van der Waals surface area contributed by atoms with Crippen molar-refractivity contribution in [2.75, 3.05) is 19.7 Å². The highest BCUT2D eigenvalue weighted by Gasteiger charge is 2.26. The van der Waals surface area contributed by atoms with Crippen molar-refractivity contribution in [1.29, 1.82) is 0 Å². The Labute approximate surface area is 119 Å². The molecule has 0 aromatic heterocycles. The predicted octanol–water partition coefficient (Wildman–Crippen LogP) is 2.91. The summed E-state index contributed by atoms with van der Waals surface area (Å²) in [6, 6.07) is 4.88. The Kier molecular flexibility index (Phi) is 5.12. The van der Waals surface area contributed by atoms with Crippen LogP contribution >= 0.6 is 0 Å². The van der Waals surface area contributed by atoms with E-state index in [1.165, 1.54) is 6.07 Å². The number of aryl methyl sites for hydroxylation is 1. The Bertz CT molecular complexity index is 476. The second kappa shape index (κ2) is 6.84. The van der Waals surface area contributed by atoms with Crippen LogP contribution in [0.2, 0.25) is 0 Å². The van der Waals surface area contributed by atoms with E-state index in [2.05, 4.69) is 4.90 Å². The lowest BCUT2D eigenvalue weighted by Gasteiger charge is -2.31. The number of rotatable bonds is 4. The first-order valence-electron chi connectivity index (χ1n) is 7.24. The maximum atomic E-state index is 13.1. The molecule has 1 atom stereocenters. The van der Waals surface area contributed by atoms with E-state index in [9.17, 15) is 9.18 Å². The van der Waals surface area contributed by atoms with Crippen LogP contribution in [0, 0.1) is 18.7 Å². The molecule has 0 aliphatic carbocycles. The molecule has 0 bridgehead atoms. The lowest BCUT2D eigenvalue weighted by Crippen LogP contribution is -2.39. The quantitative estimate of drug-likeness (QED) is 0.794. The Morgan fingerprint density at radius 1 is 1.50 bits per heavy atom. The Morgan fingerprint density at radius 3 is 3.00 bits per heavy atom. The van der Waals surface area contributed by atoms with Crippen LogP contribution in [-0.2, 0) is 16.1 Å². The lowest BCUT2D eigenvalue weighted by atomic mass is 9.97. The van der Waals surface area contributed by atoms with Crippen LogP contribution in [0.15, 0.2) is 18.2 Å². The van der Waals surface area contributed by atoms with Crippen molar-refractivity contribution in [3.05, 3.63) is 35.1 Å². The fourth-order valence-corrected chi connectivity index (χ4v) is 2.73. The monoisotopic (exact) mass is 279 g/mol. The summed E-state index contributed by atoms with van der Waals surface area (Å²) in [6.07, 6.45) is 1.90. The van der Waals surface area contributed by atoms with Gasteiger partial charge in [-0.15, -0.1) is 0 Å². The van der Waals surface area contributed by atoms with Gasteiger partial charge < -0.3 is 4.74 Å². The highest BCUT2D eigenvalue weighted by molar-refractivity contribution is 5.72. The third-order valence-electron chi connectivity index (χ3n) is 3.82. The molecule has 20 heavy (non-hydrogen) atoms. The van der Waals surface area contributed by atoms with E-state index in [0.29, 0.717) is 6.61 Å². The van der Waals surface area contributed by atoms with Gasteiger partial charge in [-0.2, -0.15) is 0 Å². The zero-order chi connectivity index (χ0) is 14.5. The summed E-state index contributed by atoms with van der Waals surface area (Å²) in [4.78, 5) is 14.1. The average Bonchev–Trinajstić information content (AvgIpc) is 2.43. The third-order valence-corrected chi connectivity index (χ3v) is 3.82. The fourth-order valence-electron chi connectivity index (χ4n) is 2.73. The molecule has 0 radical (unpaired) electrons. The fraction of sp³-hybridized carbons (Fsp3) is 0.562. The van der Waals surface area contributed by atoms with Gasteiger partial charge in [-0.1, -0.05) is 6.07 Å². The van der Waals surface area contributed by atoms with Crippen LogP contribution in [0.1, 0.15) is 30.9 Å². The van der Waals surface area contributed by atoms with E-state index < -0.39 is 0 Å². The Morgan fingerprint density at radius 2 is 2.30 bits per heavy atom. The number of carbonyl (C=O) groups is 1. The summed E-state index contributed by atoms with van der Waals surface area (Å²) in [5.74, 6) is -0.313. The maximum Gasteiger partial charge on any atom is 0.310 e. The molecule has 1 aliphatic rings. The molecule has 1 fully saturated rings. The summed E-state index contributed by atoms with van der Waals surface area (Å²) in [6.45, 7) is 6.67. The van der Waals surface area contributed by atoms with Crippen molar-refractivity contribution in [2.45, 2.75) is 33.2 Å². The van der Waals surface area contributed by atoms with E-state index in [-0.39, 0.29) is 17.7 Å². The van der Waals surface area contributed by atoms with Crippen LogP contribution < -0.4 is 0 Å². The van der Waals surface area contributed by atoms with Crippen molar-refractivity contribution in [2.24, 2.45) is 5.92 Å². The second-order valence-corrected chi connectivity index (χ2v) is 5.40. The van der Waals surface area contributed by atoms with Gasteiger partial charge in [0.1, 0.15) is 5.82 Å². The third kappa shape index (κ3) is 3.79. The van der Waals surface area contributed by atoms with Crippen molar-refractivity contribution >= 4 is 5.97 Å². The molecule has 0 N–H and O–H groups in total. The van der Waals surface area contributed by atoms with Gasteiger partial charge in [-0.25, -0.2) is 4.39 Å². The highest BCUT2D eigenvalue weighted by atomic mass is 19.1. The van der Waals surface area contributed by atoms with E-state index in [0.717, 1.165) is 43.6 Å². The largest absolute Gasteiger partial charge is 0.466 e. The molecule has 1 heterocycles. The first-order chi connectivity index (χ1) is 9.60. The van der Waals surface area contributed by atoms with E-state index >= 15 is 0 Å². The predicted molar refractivity (Wildman–Crippen MR) is 75.8 cm³/mol. The normalized spacial score (nSPS) is 19.9. The van der Waals surface area contributed by atoms with Crippen molar-refractivity contribution in [1.82, 2.24) is 4.90 Å². The average molecular weight is 279 g/mol. The molecule has 1 aliphatic heterocycles. The minimum atomic E-state index is -0.200. The number of nitrogens with zero attached hydrogens (tertiary/aromatic N) is 1. The zero-order valence-corrected chi connectivity index (χ0v) is 12.2. The summed E-state index contributed by atoms with van der Waals surface area (Å²) < 4.78 is 18.2. The van der Waals surface area contributed by atoms with Crippen molar-refractivity contribution < 1.29 is 13.9 Å². The molecular formula is C16H22FNO2. The molecule has 2 rings (SSSR count). The molecule has 0 unspecified atom stereocenters. The number of halogens is 1. The SMILES string of the molecule is CCOC(=O)[C@H]1CCCN(Cc2ccc(F)cc2C)C1. The van der Waals surface area contributed by atoms with Crippen LogP contribution in [0.25, 0.3) is 0 Å². The molecule has 0 saturated carbocycles. The van der Waals surface area contributed by atoms with Gasteiger partial charge in [-0.3, -0.25) is 9.69 Å². The second-order valence-electron chi connectivity index (χ2n) is 5.40. The molecule has 1 saturated heterocycles. The number of piperidine rings is 1. The number of carbonyl (C=O) groups excluding carboxylic acids is 1. The van der Waals surface area contributed by atoms with Crippen molar-refractivity contribution in [3.63, 3.8) is 0 Å². The van der Waals surface area contributed by atoms with Crippen molar-refractivity contribution in [3.8, 4) is 0 Å². The number of esters is 1. The number of hydrogen-bond donors (Lipinski definition) is 0. The van der Waals surface area contributed by atoms with E-state index in [1.54, 1.807) is 6.07 Å². The summed E-state index contributed by atoms with van der Waals surface area (Å²) in [5.41, 5.74) is 2.08. The van der Waals surface area contributed by atoms with E-state index in [4.69, 9.17) is 4.74 Å². The summed E-state index contributed by atoms with van der Waals surface area (Å²) in [5, 5.41) is 0. The Balaban J connectivity index is 1.97. The standard InChI is InChI=1S/C16H22FNO2/c1-3-20-16(19)14-5-4-8-18(11-14)10-13-6-7-15(17)9-12(13)2/h6-7,9,14H,3-5,8,10-11H2,1-2H3/t14-/m0/s1. The number of ether oxygens (including phenoxy) is 1. The molecule has 0 amide bonds. The van der Waals surface area contributed by atoms with Gasteiger partial charge in [0, 0.05) is 13.1 Å². The van der Waals surface area contributed by atoms with Crippen LogP contribution in [0.4, 0.5) is 4.39 Å². The number of likely N-dealkylation sites (tertiary alicyclic amines) is 1. The summed E-state index contributed by atoms with van der Waals surface area (Å²) in [7, 11) is 0. The highest BCUT2D eigenvalue weighted by Crippen LogP contribution is 2.21. The molecular weight excluding hydrogens is 257 g/mol. The van der Waals surface area contributed by atoms with Crippen LogP contribution in [-0.4, -0.2) is 30.6 Å². The van der Waals surface area contributed by atoms with Gasteiger partial charge >= 0.3 is 5.97 Å². The molecule has 4 heteroatoms. The number of benzene rings is 1. The van der Waals surface area contributed by atoms with Gasteiger partial charge in [0.15, 0.2) is 0 Å². The maximum absolute atomic E-state index is 13.1. The molecule has 1 aromatic carbocycles. The van der Waals surface area contributed by atoms with E-state index in [1.807, 2.05) is 19.9 Å². The first-order valence-corrected chi connectivity index (χ1v) is 7.24. The van der Waals surface area contributed by atoms with Gasteiger partial charge in [-0.05, 0) is 56.5 Å². The molecule has 1 aromatic rings. The molecule has 110 valence electrons. The molecule has 3 nitrogen and oxygen atoms in total. The van der Waals surface area contributed by atoms with Gasteiger partial charge in [0.2, 0.25) is 0 Å². The Hall–Kier alpha value is -1.42. The van der Waals surface area contributed by atoms with Crippen LogP contribution in [0.3, 0.4) is 0 Å². The van der Waals surface area contributed by atoms with Gasteiger partial charge in [0.25, 0.3) is 0 Å². The zero-order valence-electron chi connectivity index (χ0n) is 12.2. The summed E-state index contributed by atoms with van der Waals surface area (Å²) >= 11 is 0. The van der Waals surface area contributed by atoms with Crippen LogP contribution in [0.5, 0.6) is 0 Å². The molecule has 0 spiro atoms. The number of hydrogen-bond acceptors (Lipinski definition) is 3. The lowest BCUT2D eigenvalue weighted by molar-refractivity contribution is -0.150. The topological polar surface area (TPSA) is 29.5 Å². The minimum Gasteiger partial charge on any atom is -0.466 e. The minimum absolute atomic E-state index is 0.0237. The smallest absolute Gasteiger partial charge is 0.310 e. The first kappa shape index (κ1) is 15.0.